The van der Waals surface area contributed by atoms with Crippen LogP contribution in [0.2, 0.25) is 0 Å². The number of nitrogens with one attached hydrogen (secondary N) is 2. The van der Waals surface area contributed by atoms with Gasteiger partial charge in [0, 0.05) is 32.2 Å². The number of rotatable bonds is 13. The van der Waals surface area contributed by atoms with Gasteiger partial charge in [-0.1, -0.05) is 38.0 Å². The second kappa shape index (κ2) is 17.5. The normalized spacial score (nSPS) is 22.2. The van der Waals surface area contributed by atoms with Crippen LogP contribution in [0.1, 0.15) is 33.1 Å². The Kier molecular flexibility index (Phi) is 14.4. The van der Waals surface area contributed by atoms with Crippen LogP contribution in [0.5, 0.6) is 5.75 Å². The molecule has 2 heterocycles. The minimum Gasteiger partial charge on any atom is -0.461 e. The maximum atomic E-state index is 13.6. The number of ether oxygens (including phenoxy) is 3. The van der Waals surface area contributed by atoms with Gasteiger partial charge in [-0.05, 0) is 18.6 Å². The number of amides is 2. The molecule has 0 spiro atoms. The van der Waals surface area contributed by atoms with Crippen LogP contribution in [0.4, 0.5) is 0 Å². The first kappa shape index (κ1) is 33.0. The summed E-state index contributed by atoms with van der Waals surface area (Å²) in [5.41, 5.74) is 0. The molecule has 2 N–H and O–H groups in total. The van der Waals surface area contributed by atoms with Gasteiger partial charge in [-0.2, -0.15) is 0 Å². The van der Waals surface area contributed by atoms with E-state index in [2.05, 4.69) is 16.3 Å². The molecule has 1 aromatic rings. The molecule has 220 valence electrons. The largest absolute Gasteiger partial charge is 0.461 e. The molecule has 40 heavy (non-hydrogen) atoms. The number of nitrogens with zero attached hydrogens (tertiary/aromatic N) is 1. The second-order valence-electron chi connectivity index (χ2n) is 8.47. The summed E-state index contributed by atoms with van der Waals surface area (Å²) in [5.74, 6) is 1.31. The zero-order valence-electron chi connectivity index (χ0n) is 23.0. The third-order valence-electron chi connectivity index (χ3n) is 5.75. The number of para-hydroxylation sites is 1. The smallest absolute Gasteiger partial charge is 0.459 e. The van der Waals surface area contributed by atoms with E-state index in [9.17, 15) is 18.9 Å². The lowest BCUT2D eigenvalue weighted by molar-refractivity contribution is -0.151. The van der Waals surface area contributed by atoms with Gasteiger partial charge in [-0.15, -0.1) is 6.42 Å². The molecule has 4 unspecified atom stereocenters. The van der Waals surface area contributed by atoms with Crippen LogP contribution in [0, 0.1) is 18.3 Å². The summed E-state index contributed by atoms with van der Waals surface area (Å²) in [7, 11) is -2.61. The van der Waals surface area contributed by atoms with Crippen molar-refractivity contribution in [3.63, 3.8) is 0 Å². The van der Waals surface area contributed by atoms with Gasteiger partial charge in [0.25, 0.3) is 0 Å². The number of hydrogen-bond acceptors (Lipinski definition) is 9. The van der Waals surface area contributed by atoms with Crippen LogP contribution < -0.4 is 14.9 Å². The van der Waals surface area contributed by atoms with Crippen molar-refractivity contribution in [2.45, 2.75) is 51.5 Å². The van der Waals surface area contributed by atoms with Crippen molar-refractivity contribution >= 4 is 26.0 Å². The summed E-state index contributed by atoms with van der Waals surface area (Å²) in [4.78, 5) is 36.6. The first-order valence-electron chi connectivity index (χ1n) is 13.1. The molecule has 2 saturated heterocycles. The lowest BCUT2D eigenvalue weighted by Crippen LogP contribution is -2.35. The first-order chi connectivity index (χ1) is 19.4. The zero-order valence-corrected chi connectivity index (χ0v) is 23.9. The monoisotopic (exact) mass is 579 g/mol. The Morgan fingerprint density at radius 1 is 1.23 bits per heavy atom. The fourth-order valence-electron chi connectivity index (χ4n) is 3.79. The summed E-state index contributed by atoms with van der Waals surface area (Å²) < 4.78 is 41.4. The predicted molar refractivity (Wildman–Crippen MR) is 147 cm³/mol. The molecule has 0 radical (unpaired) electrons. The molecular weight excluding hydrogens is 541 g/mol. The van der Waals surface area contributed by atoms with Crippen molar-refractivity contribution in [2.24, 2.45) is 5.92 Å². The highest BCUT2D eigenvalue weighted by Crippen LogP contribution is 2.45. The molecule has 0 aliphatic carbocycles. The lowest BCUT2D eigenvalue weighted by Gasteiger charge is -2.25. The summed E-state index contributed by atoms with van der Waals surface area (Å²) in [6, 6.07) is 8.34. The quantitative estimate of drug-likeness (QED) is 0.118. The Bertz CT molecular complexity index is 1060. The summed E-state index contributed by atoms with van der Waals surface area (Å²) >= 11 is 0. The SMILES string of the molecule is C#CC1CC(COP(=O)(NCC(=O)OC2CCOCC2)Oc2ccccc2)OC1N(C=O)/C=C\C(=O)NC.CC. The van der Waals surface area contributed by atoms with E-state index in [1.165, 1.54) is 19.3 Å². The van der Waals surface area contributed by atoms with Crippen molar-refractivity contribution in [1.29, 1.82) is 0 Å². The van der Waals surface area contributed by atoms with Gasteiger partial charge in [0.15, 0.2) is 0 Å². The highest BCUT2D eigenvalue weighted by molar-refractivity contribution is 7.52. The summed E-state index contributed by atoms with van der Waals surface area (Å²) in [5, 5.41) is 4.96. The number of esters is 1. The Morgan fingerprint density at radius 2 is 1.93 bits per heavy atom. The maximum absolute atomic E-state index is 13.6. The van der Waals surface area contributed by atoms with Crippen LogP contribution in [-0.2, 0) is 37.7 Å². The molecular formula is C27H38N3O9P. The molecule has 2 aliphatic rings. The average molecular weight is 580 g/mol. The molecule has 3 rings (SSSR count). The summed E-state index contributed by atoms with van der Waals surface area (Å²) in [6.45, 7) is 4.39. The van der Waals surface area contributed by atoms with Gasteiger partial charge in [0.1, 0.15) is 24.6 Å². The molecule has 0 saturated carbocycles. The van der Waals surface area contributed by atoms with Crippen LogP contribution in [-0.4, -0.2) is 75.0 Å². The topological polar surface area (TPSA) is 142 Å². The highest BCUT2D eigenvalue weighted by atomic mass is 31.2. The Hall–Kier alpha value is -3.20. The third-order valence-corrected chi connectivity index (χ3v) is 7.24. The number of hydrogen-bond donors (Lipinski definition) is 2. The fraction of sp³-hybridized carbons (Fsp3) is 0.519. The number of likely N-dealkylation sites (N-methyl/N-ethyl adjacent to an activating group) is 1. The standard InChI is InChI=1S/C25H32N3O9P.C2H6/c1-3-19-15-22(36-25(19)28(18-29)12-9-23(30)26-2)17-34-38(32,37-21-7-5-4-6-8-21)27-16-24(31)35-20-10-13-33-14-11-20;1-2/h1,4-9,12,18-20,22,25H,10-11,13-17H2,2H3,(H,26,30)(H,27,32);1-2H3/b12-9-;. The number of carbonyl (C=O) groups is 3. The Labute approximate surface area is 235 Å². The van der Waals surface area contributed by atoms with Crippen molar-refractivity contribution in [1.82, 2.24) is 15.3 Å². The summed E-state index contributed by atoms with van der Waals surface area (Å²) in [6.07, 6.45) is 8.25. The lowest BCUT2D eigenvalue weighted by atomic mass is 10.0. The van der Waals surface area contributed by atoms with Gasteiger partial charge in [-0.25, -0.2) is 9.65 Å². The van der Waals surface area contributed by atoms with Crippen LogP contribution in [0.25, 0.3) is 0 Å². The molecule has 12 nitrogen and oxygen atoms in total. The second-order valence-corrected chi connectivity index (χ2v) is 10.2. The predicted octanol–water partition coefficient (Wildman–Crippen LogP) is 2.61. The van der Waals surface area contributed by atoms with E-state index < -0.39 is 44.4 Å². The molecule has 13 heteroatoms. The number of benzene rings is 1. The minimum atomic E-state index is -4.07. The number of carbonyl (C=O) groups excluding carboxylic acids is 3. The van der Waals surface area contributed by atoms with Crippen molar-refractivity contribution in [3.8, 4) is 18.1 Å². The Balaban J connectivity index is 0.00000274. The third kappa shape index (κ3) is 10.8. The molecule has 1 aromatic carbocycles. The van der Waals surface area contributed by atoms with Crippen LogP contribution in [0.15, 0.2) is 42.6 Å². The van der Waals surface area contributed by atoms with E-state index in [0.29, 0.717) is 32.5 Å². The van der Waals surface area contributed by atoms with Crippen molar-refractivity contribution in [3.05, 3.63) is 42.6 Å². The van der Waals surface area contributed by atoms with E-state index >= 15 is 0 Å². The first-order valence-corrected chi connectivity index (χ1v) is 14.7. The van der Waals surface area contributed by atoms with E-state index in [1.807, 2.05) is 13.8 Å². The number of terminal acetylenes is 1. The van der Waals surface area contributed by atoms with Gasteiger partial charge in [0.05, 0.1) is 31.8 Å². The van der Waals surface area contributed by atoms with Gasteiger partial charge in [0.2, 0.25) is 12.3 Å². The van der Waals surface area contributed by atoms with Crippen molar-refractivity contribution < 1.29 is 42.2 Å². The van der Waals surface area contributed by atoms with Crippen LogP contribution >= 0.6 is 7.75 Å². The van der Waals surface area contributed by atoms with E-state index in [4.69, 9.17) is 29.7 Å². The molecule has 2 aliphatic heterocycles. The average Bonchev–Trinajstić information content (AvgIpc) is 3.41. The molecule has 4 atom stereocenters. The zero-order chi connectivity index (χ0) is 29.4. The maximum Gasteiger partial charge on any atom is 0.459 e. The van der Waals surface area contributed by atoms with Gasteiger partial charge >= 0.3 is 13.7 Å². The van der Waals surface area contributed by atoms with E-state index in [1.54, 1.807) is 30.3 Å². The minimum absolute atomic E-state index is 0.216. The molecule has 0 bridgehead atoms. The van der Waals surface area contributed by atoms with Crippen LogP contribution in [0.3, 0.4) is 0 Å². The van der Waals surface area contributed by atoms with E-state index in [0.717, 1.165) is 4.90 Å². The van der Waals surface area contributed by atoms with E-state index in [-0.39, 0.29) is 24.9 Å². The van der Waals surface area contributed by atoms with Gasteiger partial charge in [-0.3, -0.25) is 23.8 Å². The highest BCUT2D eigenvalue weighted by Gasteiger charge is 2.39. The molecule has 0 aromatic heterocycles. The fourth-order valence-corrected chi connectivity index (χ4v) is 5.08. The molecule has 2 fully saturated rings. The van der Waals surface area contributed by atoms with Gasteiger partial charge < -0.3 is 24.1 Å². The molecule has 2 amide bonds. The van der Waals surface area contributed by atoms with Crippen molar-refractivity contribution in [2.75, 3.05) is 33.4 Å². The Morgan fingerprint density at radius 3 is 2.55 bits per heavy atom.